The Kier molecular flexibility index (Phi) is 3.76. The molecule has 1 aliphatic rings. The Hall–Kier alpha value is -0.680. The molecule has 16 heavy (non-hydrogen) atoms. The SMILES string of the molecule is Fc1cc(F)c(NC2CCCNC2)cc1Br. The second-order valence-electron chi connectivity index (χ2n) is 3.93. The molecular weight excluding hydrogens is 278 g/mol. The van der Waals surface area contributed by atoms with E-state index in [0.29, 0.717) is 5.69 Å². The summed E-state index contributed by atoms with van der Waals surface area (Å²) in [5, 5.41) is 6.31. The van der Waals surface area contributed by atoms with Crippen LogP contribution < -0.4 is 10.6 Å². The van der Waals surface area contributed by atoms with Crippen molar-refractivity contribution in [3.8, 4) is 0 Å². The zero-order valence-corrected chi connectivity index (χ0v) is 10.3. The van der Waals surface area contributed by atoms with Crippen LogP contribution in [0.4, 0.5) is 14.5 Å². The van der Waals surface area contributed by atoms with Crippen molar-refractivity contribution >= 4 is 21.6 Å². The lowest BCUT2D eigenvalue weighted by Crippen LogP contribution is -2.38. The Labute approximate surface area is 102 Å². The predicted octanol–water partition coefficient (Wildman–Crippen LogP) is 2.89. The number of hydrogen-bond acceptors (Lipinski definition) is 2. The number of hydrogen-bond donors (Lipinski definition) is 2. The van der Waals surface area contributed by atoms with Crippen molar-refractivity contribution in [2.24, 2.45) is 0 Å². The van der Waals surface area contributed by atoms with Gasteiger partial charge in [0.1, 0.15) is 11.6 Å². The first-order valence-corrected chi connectivity index (χ1v) is 6.08. The number of nitrogens with one attached hydrogen (secondary N) is 2. The predicted molar refractivity (Wildman–Crippen MR) is 63.6 cm³/mol. The van der Waals surface area contributed by atoms with Crippen molar-refractivity contribution < 1.29 is 8.78 Å². The molecule has 2 N–H and O–H groups in total. The van der Waals surface area contributed by atoms with E-state index in [1.165, 1.54) is 6.07 Å². The van der Waals surface area contributed by atoms with Gasteiger partial charge in [0.15, 0.2) is 0 Å². The minimum atomic E-state index is -0.579. The molecule has 1 heterocycles. The molecule has 5 heteroatoms. The number of benzene rings is 1. The summed E-state index contributed by atoms with van der Waals surface area (Å²) in [7, 11) is 0. The van der Waals surface area contributed by atoms with Crippen LogP contribution in [0, 0.1) is 11.6 Å². The van der Waals surface area contributed by atoms with Crippen molar-refractivity contribution in [2.45, 2.75) is 18.9 Å². The summed E-state index contributed by atoms with van der Waals surface area (Å²) in [6, 6.07) is 2.54. The van der Waals surface area contributed by atoms with E-state index in [4.69, 9.17) is 0 Å². The van der Waals surface area contributed by atoms with Crippen LogP contribution in [0.15, 0.2) is 16.6 Å². The monoisotopic (exact) mass is 290 g/mol. The Morgan fingerprint density at radius 3 is 2.81 bits per heavy atom. The van der Waals surface area contributed by atoms with E-state index < -0.39 is 11.6 Å². The van der Waals surface area contributed by atoms with Gasteiger partial charge < -0.3 is 10.6 Å². The normalized spacial score (nSPS) is 20.8. The van der Waals surface area contributed by atoms with E-state index in [1.807, 2.05) is 0 Å². The van der Waals surface area contributed by atoms with E-state index in [-0.39, 0.29) is 10.5 Å². The molecule has 0 spiro atoms. The minimum absolute atomic E-state index is 0.209. The molecule has 1 aromatic carbocycles. The number of piperidine rings is 1. The summed E-state index contributed by atoms with van der Waals surface area (Å²) in [4.78, 5) is 0. The summed E-state index contributed by atoms with van der Waals surface area (Å²) in [5.74, 6) is -1.13. The van der Waals surface area contributed by atoms with E-state index in [1.54, 1.807) is 0 Å². The summed E-state index contributed by atoms with van der Waals surface area (Å²) < 4.78 is 26.7. The first-order valence-electron chi connectivity index (χ1n) is 5.28. The van der Waals surface area contributed by atoms with E-state index >= 15 is 0 Å². The molecule has 2 nitrogen and oxygen atoms in total. The van der Waals surface area contributed by atoms with Gasteiger partial charge in [-0.1, -0.05) is 0 Å². The highest BCUT2D eigenvalue weighted by atomic mass is 79.9. The topological polar surface area (TPSA) is 24.1 Å². The van der Waals surface area contributed by atoms with Gasteiger partial charge in [-0.05, 0) is 41.4 Å². The fourth-order valence-electron chi connectivity index (χ4n) is 1.83. The lowest BCUT2D eigenvalue weighted by molar-refractivity contribution is 0.477. The molecule has 1 fully saturated rings. The van der Waals surface area contributed by atoms with E-state index in [2.05, 4.69) is 26.6 Å². The number of anilines is 1. The molecule has 0 aromatic heterocycles. The van der Waals surface area contributed by atoms with Crippen LogP contribution in [0.25, 0.3) is 0 Å². The molecule has 0 aliphatic carbocycles. The van der Waals surface area contributed by atoms with Crippen LogP contribution in [-0.2, 0) is 0 Å². The lowest BCUT2D eigenvalue weighted by Gasteiger charge is -2.25. The average molecular weight is 291 g/mol. The first kappa shape index (κ1) is 11.8. The second-order valence-corrected chi connectivity index (χ2v) is 4.79. The Morgan fingerprint density at radius 2 is 2.12 bits per heavy atom. The molecule has 0 bridgehead atoms. The number of halogens is 3. The highest BCUT2D eigenvalue weighted by molar-refractivity contribution is 9.10. The molecule has 88 valence electrons. The van der Waals surface area contributed by atoms with E-state index in [0.717, 1.165) is 32.0 Å². The smallest absolute Gasteiger partial charge is 0.149 e. The van der Waals surface area contributed by atoms with Crippen LogP contribution in [0.2, 0.25) is 0 Å². The fourth-order valence-corrected chi connectivity index (χ4v) is 2.17. The molecule has 1 unspecified atom stereocenters. The van der Waals surface area contributed by atoms with Crippen LogP contribution in [0.1, 0.15) is 12.8 Å². The molecule has 0 amide bonds. The zero-order valence-electron chi connectivity index (χ0n) is 8.69. The first-order chi connectivity index (χ1) is 7.66. The van der Waals surface area contributed by atoms with Crippen LogP contribution in [0.3, 0.4) is 0 Å². The van der Waals surface area contributed by atoms with Gasteiger partial charge in [-0.15, -0.1) is 0 Å². The molecule has 0 radical (unpaired) electrons. The van der Waals surface area contributed by atoms with Gasteiger partial charge in [-0.25, -0.2) is 8.78 Å². The van der Waals surface area contributed by atoms with Gasteiger partial charge in [0.2, 0.25) is 0 Å². The largest absolute Gasteiger partial charge is 0.379 e. The average Bonchev–Trinajstić information content (AvgIpc) is 2.27. The Balaban J connectivity index is 2.11. The Morgan fingerprint density at radius 1 is 1.31 bits per heavy atom. The van der Waals surface area contributed by atoms with E-state index in [9.17, 15) is 8.78 Å². The molecule has 1 atom stereocenters. The zero-order chi connectivity index (χ0) is 11.5. The van der Waals surface area contributed by atoms with Crippen molar-refractivity contribution in [1.29, 1.82) is 0 Å². The van der Waals surface area contributed by atoms with Gasteiger partial charge in [-0.3, -0.25) is 0 Å². The molecule has 1 aromatic rings. The maximum atomic E-state index is 13.4. The third kappa shape index (κ3) is 2.71. The van der Waals surface area contributed by atoms with Crippen molar-refractivity contribution in [1.82, 2.24) is 5.32 Å². The van der Waals surface area contributed by atoms with Crippen molar-refractivity contribution in [3.05, 3.63) is 28.2 Å². The lowest BCUT2D eigenvalue weighted by atomic mass is 10.1. The number of rotatable bonds is 2. The van der Waals surface area contributed by atoms with Crippen molar-refractivity contribution in [3.63, 3.8) is 0 Å². The summed E-state index contributed by atoms with van der Waals surface area (Å²) in [6.45, 7) is 1.82. The molecule has 1 saturated heterocycles. The molecule has 1 aliphatic heterocycles. The van der Waals surface area contributed by atoms with Gasteiger partial charge in [0.25, 0.3) is 0 Å². The van der Waals surface area contributed by atoms with Crippen LogP contribution in [-0.4, -0.2) is 19.1 Å². The van der Waals surface area contributed by atoms with Gasteiger partial charge in [0, 0.05) is 18.7 Å². The summed E-state index contributed by atoms with van der Waals surface area (Å²) in [6.07, 6.45) is 2.07. The highest BCUT2D eigenvalue weighted by Crippen LogP contribution is 2.24. The molecular formula is C11H13BrF2N2. The molecule has 2 rings (SSSR count). The highest BCUT2D eigenvalue weighted by Gasteiger charge is 2.15. The third-order valence-electron chi connectivity index (χ3n) is 2.67. The van der Waals surface area contributed by atoms with Crippen LogP contribution in [0.5, 0.6) is 0 Å². The van der Waals surface area contributed by atoms with Crippen LogP contribution >= 0.6 is 15.9 Å². The molecule has 0 saturated carbocycles. The van der Waals surface area contributed by atoms with Gasteiger partial charge >= 0.3 is 0 Å². The maximum absolute atomic E-state index is 13.4. The second kappa shape index (κ2) is 5.10. The minimum Gasteiger partial charge on any atom is -0.379 e. The fraction of sp³-hybridized carbons (Fsp3) is 0.455. The summed E-state index contributed by atoms with van der Waals surface area (Å²) in [5.41, 5.74) is 0.349. The standard InChI is InChI=1S/C11H13BrF2N2/c12-8-4-11(10(14)5-9(8)13)16-7-2-1-3-15-6-7/h4-5,7,15-16H,1-3,6H2. The maximum Gasteiger partial charge on any atom is 0.149 e. The van der Waals surface area contributed by atoms with Crippen molar-refractivity contribution in [2.75, 3.05) is 18.4 Å². The third-order valence-corrected chi connectivity index (χ3v) is 3.27. The van der Waals surface area contributed by atoms with Gasteiger partial charge in [0.05, 0.1) is 10.2 Å². The van der Waals surface area contributed by atoms with Gasteiger partial charge in [-0.2, -0.15) is 0 Å². The quantitative estimate of drug-likeness (QED) is 0.819. The summed E-state index contributed by atoms with van der Waals surface area (Å²) >= 11 is 3.05. The Bertz CT molecular complexity index is 378.